The molecule has 4 atom stereocenters. The molecule has 1 aromatic rings. The topological polar surface area (TPSA) is 108 Å². The molecule has 0 radical (unpaired) electrons. The minimum Gasteiger partial charge on any atom is -0.469 e. The molecule has 2 aliphatic rings. The molecule has 26 heavy (non-hydrogen) atoms. The third kappa shape index (κ3) is 2.90. The molecule has 0 spiro atoms. The van der Waals surface area contributed by atoms with Gasteiger partial charge >= 0.3 is 11.9 Å². The van der Waals surface area contributed by atoms with Crippen molar-refractivity contribution < 1.29 is 38.4 Å². The van der Waals surface area contributed by atoms with Gasteiger partial charge in [0.2, 0.25) is 6.79 Å². The lowest BCUT2D eigenvalue weighted by atomic mass is 9.61. The number of ketones is 1. The molecule has 8 nitrogen and oxygen atoms in total. The first-order valence-corrected chi connectivity index (χ1v) is 8.10. The molecule has 0 saturated heterocycles. The highest BCUT2D eigenvalue weighted by atomic mass is 16.7. The Morgan fingerprint density at radius 1 is 1.15 bits per heavy atom. The van der Waals surface area contributed by atoms with Crippen molar-refractivity contribution in [2.24, 2.45) is 11.8 Å². The number of Topliss-reactive ketones (excluding diaryl/α,β-unsaturated/α-hetero) is 1. The number of hydrogen-bond donors (Lipinski definition) is 1. The highest BCUT2D eigenvalue weighted by molar-refractivity contribution is 6.02. The smallest absolute Gasteiger partial charge is 0.316 e. The van der Waals surface area contributed by atoms with Crippen LogP contribution in [0.2, 0.25) is 0 Å². The third-order valence-corrected chi connectivity index (χ3v) is 4.96. The Morgan fingerprint density at radius 3 is 2.46 bits per heavy atom. The van der Waals surface area contributed by atoms with E-state index in [2.05, 4.69) is 0 Å². The van der Waals surface area contributed by atoms with E-state index in [-0.39, 0.29) is 13.2 Å². The van der Waals surface area contributed by atoms with Gasteiger partial charge in [-0.15, -0.1) is 0 Å². The fraction of sp³-hybridized carbons (Fsp3) is 0.500. The fourth-order valence-electron chi connectivity index (χ4n) is 3.79. The number of benzene rings is 1. The second kappa shape index (κ2) is 6.60. The number of rotatable bonds is 3. The van der Waals surface area contributed by atoms with E-state index in [1.807, 2.05) is 0 Å². The molecule has 1 aliphatic heterocycles. The van der Waals surface area contributed by atoms with Gasteiger partial charge in [0.25, 0.3) is 0 Å². The summed E-state index contributed by atoms with van der Waals surface area (Å²) in [5, 5.41) is 10.8. The summed E-state index contributed by atoms with van der Waals surface area (Å²) in [6.45, 7) is 1.45. The zero-order valence-electron chi connectivity index (χ0n) is 14.7. The monoisotopic (exact) mass is 364 g/mol. The van der Waals surface area contributed by atoms with Crippen LogP contribution in [0.25, 0.3) is 0 Å². The van der Waals surface area contributed by atoms with Crippen LogP contribution < -0.4 is 9.47 Å². The van der Waals surface area contributed by atoms with Crippen molar-refractivity contribution >= 4 is 17.7 Å². The molecule has 1 fully saturated rings. The number of carbonyl (C=O) groups excluding carboxylic acids is 3. The summed E-state index contributed by atoms with van der Waals surface area (Å²) in [6, 6.07) is 4.88. The van der Waals surface area contributed by atoms with E-state index >= 15 is 0 Å². The SMILES string of the molecule is COC(=O)[C@@H]1C(=O)C[C@@](C)(O)[C@H](C(=O)OC)[C@@H]1c1ccc2c(c1)OCO2. The fourth-order valence-corrected chi connectivity index (χ4v) is 3.79. The minimum atomic E-state index is -1.67. The molecule has 0 unspecified atom stereocenters. The Morgan fingerprint density at radius 2 is 1.81 bits per heavy atom. The average Bonchev–Trinajstić information content (AvgIpc) is 3.06. The average molecular weight is 364 g/mol. The highest BCUT2D eigenvalue weighted by Gasteiger charge is 2.57. The highest BCUT2D eigenvalue weighted by Crippen LogP contribution is 2.48. The lowest BCUT2D eigenvalue weighted by Crippen LogP contribution is -2.55. The number of hydrogen-bond acceptors (Lipinski definition) is 8. The van der Waals surface area contributed by atoms with Crippen LogP contribution in [0.15, 0.2) is 18.2 Å². The van der Waals surface area contributed by atoms with E-state index in [1.165, 1.54) is 21.1 Å². The van der Waals surface area contributed by atoms with Crippen molar-refractivity contribution in [2.75, 3.05) is 21.0 Å². The second-order valence-corrected chi connectivity index (χ2v) is 6.64. The lowest BCUT2D eigenvalue weighted by molar-refractivity contribution is -0.170. The molecule has 1 aromatic carbocycles. The standard InChI is InChI=1S/C18H20O8/c1-18(22)7-10(19)14(16(20)23-2)13(15(18)17(21)24-3)9-4-5-11-12(6-9)26-8-25-11/h4-6,13-15,22H,7-8H2,1-3H3/t13-,14-,15+,18-/m1/s1. The number of ether oxygens (including phenoxy) is 4. The molecule has 0 aromatic heterocycles. The predicted octanol–water partition coefficient (Wildman–Crippen LogP) is 0.801. The molecule has 8 heteroatoms. The van der Waals surface area contributed by atoms with Gasteiger partial charge in [0.15, 0.2) is 17.3 Å². The summed E-state index contributed by atoms with van der Waals surface area (Å²) in [5.41, 5.74) is -1.19. The van der Waals surface area contributed by atoms with E-state index in [0.717, 1.165) is 0 Å². The zero-order chi connectivity index (χ0) is 19.1. The van der Waals surface area contributed by atoms with Crippen molar-refractivity contribution in [1.82, 2.24) is 0 Å². The van der Waals surface area contributed by atoms with Gasteiger partial charge in [-0.25, -0.2) is 0 Å². The number of esters is 2. The zero-order valence-corrected chi connectivity index (χ0v) is 14.7. The van der Waals surface area contributed by atoms with E-state index < -0.39 is 41.1 Å². The van der Waals surface area contributed by atoms with Crippen LogP contribution in [0.5, 0.6) is 11.5 Å². The van der Waals surface area contributed by atoms with Crippen LogP contribution in [-0.2, 0) is 23.9 Å². The van der Waals surface area contributed by atoms with Crippen LogP contribution in [0.1, 0.15) is 24.8 Å². The van der Waals surface area contributed by atoms with Crippen LogP contribution in [-0.4, -0.2) is 49.4 Å². The maximum absolute atomic E-state index is 12.6. The van der Waals surface area contributed by atoms with Gasteiger partial charge in [-0.3, -0.25) is 14.4 Å². The van der Waals surface area contributed by atoms with E-state index in [9.17, 15) is 19.5 Å². The maximum Gasteiger partial charge on any atom is 0.316 e. The summed E-state index contributed by atoms with van der Waals surface area (Å²) in [7, 11) is 2.37. The quantitative estimate of drug-likeness (QED) is 0.620. The van der Waals surface area contributed by atoms with E-state index in [1.54, 1.807) is 18.2 Å². The van der Waals surface area contributed by atoms with Crippen molar-refractivity contribution in [3.8, 4) is 11.5 Å². The van der Waals surface area contributed by atoms with Crippen molar-refractivity contribution in [3.63, 3.8) is 0 Å². The summed E-state index contributed by atoms with van der Waals surface area (Å²) in [4.78, 5) is 37.4. The Labute approximate surface area is 150 Å². The van der Waals surface area contributed by atoms with Crippen molar-refractivity contribution in [2.45, 2.75) is 24.9 Å². The van der Waals surface area contributed by atoms with Crippen LogP contribution >= 0.6 is 0 Å². The van der Waals surface area contributed by atoms with Crippen LogP contribution in [0, 0.1) is 11.8 Å². The Kier molecular flexibility index (Phi) is 4.62. The molecule has 0 amide bonds. The predicted molar refractivity (Wildman–Crippen MR) is 86.6 cm³/mol. The van der Waals surface area contributed by atoms with Crippen LogP contribution in [0.4, 0.5) is 0 Å². The molecule has 1 aliphatic carbocycles. The van der Waals surface area contributed by atoms with Gasteiger partial charge in [-0.1, -0.05) is 6.07 Å². The van der Waals surface area contributed by atoms with Gasteiger partial charge in [0.1, 0.15) is 5.92 Å². The molecule has 140 valence electrons. The van der Waals surface area contributed by atoms with Gasteiger partial charge in [-0.05, 0) is 24.6 Å². The summed E-state index contributed by atoms with van der Waals surface area (Å²) in [6.07, 6.45) is -0.354. The first-order valence-electron chi connectivity index (χ1n) is 8.10. The van der Waals surface area contributed by atoms with E-state index in [0.29, 0.717) is 17.1 Å². The first-order chi connectivity index (χ1) is 12.3. The minimum absolute atomic E-state index is 0.0565. The summed E-state index contributed by atoms with van der Waals surface area (Å²) < 4.78 is 20.3. The first kappa shape index (κ1) is 18.2. The largest absolute Gasteiger partial charge is 0.469 e. The number of carbonyl (C=O) groups is 3. The normalized spacial score (nSPS) is 30.0. The molecular weight excluding hydrogens is 344 g/mol. The Bertz CT molecular complexity index is 754. The molecule has 3 rings (SSSR count). The molecule has 1 heterocycles. The molecule has 1 saturated carbocycles. The lowest BCUT2D eigenvalue weighted by Gasteiger charge is -2.43. The summed E-state index contributed by atoms with van der Waals surface area (Å²) in [5.74, 6) is -4.33. The number of methoxy groups -OCH3 is 2. The Balaban J connectivity index is 2.15. The van der Waals surface area contributed by atoms with Gasteiger partial charge in [0, 0.05) is 12.3 Å². The third-order valence-electron chi connectivity index (χ3n) is 4.96. The van der Waals surface area contributed by atoms with Gasteiger partial charge in [-0.2, -0.15) is 0 Å². The molecular formula is C18H20O8. The van der Waals surface area contributed by atoms with Crippen LogP contribution in [0.3, 0.4) is 0 Å². The summed E-state index contributed by atoms with van der Waals surface area (Å²) >= 11 is 0. The molecule has 1 N–H and O–H groups in total. The Hall–Kier alpha value is -2.61. The van der Waals surface area contributed by atoms with E-state index in [4.69, 9.17) is 18.9 Å². The second-order valence-electron chi connectivity index (χ2n) is 6.64. The van der Waals surface area contributed by atoms with Crippen molar-refractivity contribution in [1.29, 1.82) is 0 Å². The van der Waals surface area contributed by atoms with Crippen molar-refractivity contribution in [3.05, 3.63) is 23.8 Å². The maximum atomic E-state index is 12.6. The number of fused-ring (bicyclic) bond motifs is 1. The van der Waals surface area contributed by atoms with Gasteiger partial charge in [0.05, 0.1) is 25.7 Å². The van der Waals surface area contributed by atoms with Gasteiger partial charge < -0.3 is 24.1 Å². The molecule has 0 bridgehead atoms. The number of aliphatic hydroxyl groups is 1.